The molecule has 4 heteroatoms. The molecule has 0 aromatic carbocycles. The maximum Gasteiger partial charge on any atom is 0.248 e. The van der Waals surface area contributed by atoms with Crippen LogP contribution in [0.2, 0.25) is 0 Å². The SMILES string of the molecule is CN(C)C(=O)COC1CCC[C@@H]2CNC[C@H]12. The molecule has 1 saturated carbocycles. The van der Waals surface area contributed by atoms with E-state index in [4.69, 9.17) is 4.74 Å². The fraction of sp³-hybridized carbons (Fsp3) is 0.917. The summed E-state index contributed by atoms with van der Waals surface area (Å²) < 4.78 is 5.79. The fourth-order valence-corrected chi connectivity index (χ4v) is 2.81. The molecule has 1 heterocycles. The van der Waals surface area contributed by atoms with Crippen LogP contribution in [0.1, 0.15) is 19.3 Å². The van der Waals surface area contributed by atoms with E-state index in [1.165, 1.54) is 12.8 Å². The quantitative estimate of drug-likeness (QED) is 0.761. The standard InChI is InChI=1S/C12H22N2O2/c1-14(2)12(15)8-16-11-5-3-4-9-6-13-7-10(9)11/h9-11,13H,3-8H2,1-2H3/t9-,10+,11?/m1/s1. The molecule has 1 aliphatic carbocycles. The Morgan fingerprint density at radius 3 is 2.94 bits per heavy atom. The van der Waals surface area contributed by atoms with Crippen molar-refractivity contribution in [3.8, 4) is 0 Å². The van der Waals surface area contributed by atoms with Gasteiger partial charge in [0.05, 0.1) is 6.10 Å². The number of hydrogen-bond donors (Lipinski definition) is 1. The number of hydrogen-bond acceptors (Lipinski definition) is 3. The van der Waals surface area contributed by atoms with Crippen molar-refractivity contribution in [2.24, 2.45) is 11.8 Å². The summed E-state index contributed by atoms with van der Waals surface area (Å²) in [5, 5.41) is 3.43. The molecular weight excluding hydrogens is 204 g/mol. The minimum atomic E-state index is 0.0630. The molecule has 0 radical (unpaired) electrons. The van der Waals surface area contributed by atoms with Crippen molar-refractivity contribution in [2.75, 3.05) is 33.8 Å². The van der Waals surface area contributed by atoms with Gasteiger partial charge in [-0.25, -0.2) is 0 Å². The van der Waals surface area contributed by atoms with Gasteiger partial charge >= 0.3 is 0 Å². The highest BCUT2D eigenvalue weighted by Crippen LogP contribution is 2.34. The van der Waals surface area contributed by atoms with Crippen LogP contribution in [-0.4, -0.2) is 50.7 Å². The number of fused-ring (bicyclic) bond motifs is 1. The molecule has 4 nitrogen and oxygen atoms in total. The first-order valence-corrected chi connectivity index (χ1v) is 6.21. The van der Waals surface area contributed by atoms with E-state index in [0.29, 0.717) is 5.92 Å². The molecule has 0 aromatic rings. The summed E-state index contributed by atoms with van der Waals surface area (Å²) in [5.41, 5.74) is 0. The molecule has 92 valence electrons. The first kappa shape index (κ1) is 11.9. The van der Waals surface area contributed by atoms with Crippen LogP contribution < -0.4 is 5.32 Å². The predicted octanol–water partition coefficient (Wildman–Crippen LogP) is 0.479. The van der Waals surface area contributed by atoms with Gasteiger partial charge in [0.15, 0.2) is 0 Å². The lowest BCUT2D eigenvalue weighted by atomic mass is 9.79. The molecule has 3 atom stereocenters. The first-order valence-electron chi connectivity index (χ1n) is 6.21. The summed E-state index contributed by atoms with van der Waals surface area (Å²) in [7, 11) is 3.54. The van der Waals surface area contributed by atoms with Gasteiger partial charge in [-0.3, -0.25) is 4.79 Å². The third kappa shape index (κ3) is 2.55. The highest BCUT2D eigenvalue weighted by Gasteiger charge is 2.37. The van der Waals surface area contributed by atoms with Crippen LogP contribution in [0, 0.1) is 11.8 Å². The van der Waals surface area contributed by atoms with Gasteiger partial charge < -0.3 is 15.0 Å². The van der Waals surface area contributed by atoms with Crippen molar-refractivity contribution in [3.63, 3.8) is 0 Å². The van der Waals surface area contributed by atoms with E-state index in [1.807, 2.05) is 0 Å². The van der Waals surface area contributed by atoms with Gasteiger partial charge in [0, 0.05) is 26.6 Å². The lowest BCUT2D eigenvalue weighted by Crippen LogP contribution is -2.37. The third-order valence-electron chi connectivity index (χ3n) is 3.85. The van der Waals surface area contributed by atoms with E-state index < -0.39 is 0 Å². The summed E-state index contributed by atoms with van der Waals surface area (Å²) in [6.45, 7) is 2.43. The van der Waals surface area contributed by atoms with E-state index in [2.05, 4.69) is 5.32 Å². The maximum absolute atomic E-state index is 11.5. The number of nitrogens with one attached hydrogen (secondary N) is 1. The van der Waals surface area contributed by atoms with E-state index in [0.717, 1.165) is 25.4 Å². The van der Waals surface area contributed by atoms with Crippen molar-refractivity contribution in [1.29, 1.82) is 0 Å². The Labute approximate surface area is 97.3 Å². The second kappa shape index (κ2) is 5.15. The van der Waals surface area contributed by atoms with Crippen LogP contribution >= 0.6 is 0 Å². The average Bonchev–Trinajstić information content (AvgIpc) is 2.73. The molecule has 0 bridgehead atoms. The molecule has 1 unspecified atom stereocenters. The summed E-state index contributed by atoms with van der Waals surface area (Å²) in [5.74, 6) is 1.46. The Bertz CT molecular complexity index is 255. The van der Waals surface area contributed by atoms with Crippen molar-refractivity contribution in [2.45, 2.75) is 25.4 Å². The molecule has 0 spiro atoms. The van der Waals surface area contributed by atoms with E-state index in [1.54, 1.807) is 19.0 Å². The Kier molecular flexibility index (Phi) is 3.82. The number of ether oxygens (including phenoxy) is 1. The Hall–Kier alpha value is -0.610. The van der Waals surface area contributed by atoms with E-state index in [9.17, 15) is 4.79 Å². The van der Waals surface area contributed by atoms with Gasteiger partial charge in [0.2, 0.25) is 5.91 Å². The molecule has 2 rings (SSSR count). The zero-order valence-corrected chi connectivity index (χ0v) is 10.2. The van der Waals surface area contributed by atoms with Crippen molar-refractivity contribution >= 4 is 5.91 Å². The molecule has 1 N–H and O–H groups in total. The topological polar surface area (TPSA) is 41.6 Å². The molecule has 2 aliphatic rings. The van der Waals surface area contributed by atoms with Crippen molar-refractivity contribution in [1.82, 2.24) is 10.2 Å². The predicted molar refractivity (Wildman–Crippen MR) is 62.1 cm³/mol. The number of carbonyl (C=O) groups is 1. The van der Waals surface area contributed by atoms with Gasteiger partial charge in [0.1, 0.15) is 6.61 Å². The molecule has 16 heavy (non-hydrogen) atoms. The molecular formula is C12H22N2O2. The zero-order valence-electron chi connectivity index (χ0n) is 10.2. The second-order valence-electron chi connectivity index (χ2n) is 5.15. The average molecular weight is 226 g/mol. The van der Waals surface area contributed by atoms with Gasteiger partial charge in [-0.2, -0.15) is 0 Å². The van der Waals surface area contributed by atoms with Gasteiger partial charge in [-0.15, -0.1) is 0 Å². The smallest absolute Gasteiger partial charge is 0.248 e. The minimum Gasteiger partial charge on any atom is -0.368 e. The van der Waals surface area contributed by atoms with Crippen molar-refractivity contribution in [3.05, 3.63) is 0 Å². The van der Waals surface area contributed by atoms with Gasteiger partial charge in [-0.1, -0.05) is 6.42 Å². The maximum atomic E-state index is 11.5. The highest BCUT2D eigenvalue weighted by atomic mass is 16.5. The number of carbonyl (C=O) groups excluding carboxylic acids is 1. The second-order valence-corrected chi connectivity index (χ2v) is 5.15. The molecule has 1 saturated heterocycles. The van der Waals surface area contributed by atoms with Crippen LogP contribution in [0.4, 0.5) is 0 Å². The zero-order chi connectivity index (χ0) is 11.5. The molecule has 1 aliphatic heterocycles. The molecule has 1 amide bonds. The number of likely N-dealkylation sites (N-methyl/N-ethyl adjacent to an activating group) is 1. The lowest BCUT2D eigenvalue weighted by Gasteiger charge is -2.33. The van der Waals surface area contributed by atoms with Crippen LogP contribution in [0.25, 0.3) is 0 Å². The number of rotatable bonds is 3. The van der Waals surface area contributed by atoms with Gasteiger partial charge in [0.25, 0.3) is 0 Å². The normalized spacial score (nSPS) is 33.5. The van der Waals surface area contributed by atoms with Crippen LogP contribution in [0.5, 0.6) is 0 Å². The first-order chi connectivity index (χ1) is 7.68. The summed E-state index contributed by atoms with van der Waals surface area (Å²) in [6.07, 6.45) is 3.96. The molecule has 2 fully saturated rings. The largest absolute Gasteiger partial charge is 0.368 e. The van der Waals surface area contributed by atoms with Crippen LogP contribution in [-0.2, 0) is 9.53 Å². The molecule has 0 aromatic heterocycles. The third-order valence-corrected chi connectivity index (χ3v) is 3.85. The van der Waals surface area contributed by atoms with Crippen LogP contribution in [0.3, 0.4) is 0 Å². The van der Waals surface area contributed by atoms with Crippen LogP contribution in [0.15, 0.2) is 0 Å². The monoisotopic (exact) mass is 226 g/mol. The fourth-order valence-electron chi connectivity index (χ4n) is 2.81. The summed E-state index contributed by atoms with van der Waals surface area (Å²) >= 11 is 0. The van der Waals surface area contributed by atoms with E-state index in [-0.39, 0.29) is 18.6 Å². The number of amides is 1. The lowest BCUT2D eigenvalue weighted by molar-refractivity contribution is -0.138. The Balaban J connectivity index is 1.82. The number of nitrogens with zero attached hydrogens (tertiary/aromatic N) is 1. The van der Waals surface area contributed by atoms with Crippen molar-refractivity contribution < 1.29 is 9.53 Å². The van der Waals surface area contributed by atoms with Gasteiger partial charge in [-0.05, 0) is 25.3 Å². The minimum absolute atomic E-state index is 0.0630. The van der Waals surface area contributed by atoms with E-state index >= 15 is 0 Å². The Morgan fingerprint density at radius 2 is 2.19 bits per heavy atom. The highest BCUT2D eigenvalue weighted by molar-refractivity contribution is 5.76. The Morgan fingerprint density at radius 1 is 1.38 bits per heavy atom. The summed E-state index contributed by atoms with van der Waals surface area (Å²) in [4.78, 5) is 13.1. The summed E-state index contributed by atoms with van der Waals surface area (Å²) in [6, 6.07) is 0.